The zero-order chi connectivity index (χ0) is 14.5. The molecule has 0 aliphatic carbocycles. The molecule has 0 saturated carbocycles. The Bertz CT molecular complexity index is 358. The zero-order valence-corrected chi connectivity index (χ0v) is 13.2. The van der Waals surface area contributed by atoms with E-state index < -0.39 is 10.2 Å². The molecule has 114 valence electrons. The summed E-state index contributed by atoms with van der Waals surface area (Å²) in [4.78, 5) is 0. The molecule has 0 spiro atoms. The summed E-state index contributed by atoms with van der Waals surface area (Å²) in [6.45, 7) is 7.09. The Kier molecular flexibility index (Phi) is 6.23. The minimum absolute atomic E-state index is 0.0620. The molecule has 1 unspecified atom stereocenters. The predicted octanol–water partition coefficient (Wildman–Crippen LogP) is 1.49. The molecule has 5 nitrogen and oxygen atoms in total. The topological polar surface area (TPSA) is 69.6 Å². The molecule has 0 aromatic rings. The summed E-state index contributed by atoms with van der Waals surface area (Å²) < 4.78 is 29.3. The molecule has 1 saturated heterocycles. The number of hydrogen-bond donors (Lipinski definition) is 2. The second-order valence-corrected chi connectivity index (χ2v) is 7.17. The first-order valence-corrected chi connectivity index (χ1v) is 8.77. The second-order valence-electron chi connectivity index (χ2n) is 5.50. The van der Waals surface area contributed by atoms with Crippen LogP contribution in [0.2, 0.25) is 0 Å². The van der Waals surface area contributed by atoms with E-state index in [9.17, 15) is 13.5 Å². The summed E-state index contributed by atoms with van der Waals surface area (Å²) in [7, 11) is -3.45. The third-order valence-corrected chi connectivity index (χ3v) is 6.16. The lowest BCUT2D eigenvalue weighted by molar-refractivity contribution is 0.163. The molecule has 1 aliphatic rings. The van der Waals surface area contributed by atoms with Gasteiger partial charge >= 0.3 is 0 Å². The van der Waals surface area contributed by atoms with Gasteiger partial charge in [0, 0.05) is 25.2 Å². The van der Waals surface area contributed by atoms with Crippen molar-refractivity contribution in [2.24, 2.45) is 5.92 Å². The van der Waals surface area contributed by atoms with Crippen molar-refractivity contribution >= 4 is 10.2 Å². The molecule has 0 bridgehead atoms. The minimum atomic E-state index is -3.45. The van der Waals surface area contributed by atoms with E-state index in [2.05, 4.69) is 4.72 Å². The van der Waals surface area contributed by atoms with E-state index in [1.165, 1.54) is 4.31 Å². The molecule has 1 fully saturated rings. The van der Waals surface area contributed by atoms with Crippen LogP contribution in [0.15, 0.2) is 0 Å². The highest BCUT2D eigenvalue weighted by atomic mass is 32.2. The fraction of sp³-hybridized carbons (Fsp3) is 1.00. The maximum Gasteiger partial charge on any atom is 0.279 e. The maximum atomic E-state index is 12.5. The molecular formula is C13H28N2O3S. The number of piperidine rings is 1. The summed E-state index contributed by atoms with van der Waals surface area (Å²) in [6, 6.07) is 0. The van der Waals surface area contributed by atoms with Gasteiger partial charge in [-0.1, -0.05) is 20.8 Å². The number of aliphatic hydroxyl groups excluding tert-OH is 1. The van der Waals surface area contributed by atoms with Gasteiger partial charge in [0.1, 0.15) is 0 Å². The van der Waals surface area contributed by atoms with Crippen molar-refractivity contribution in [3.05, 3.63) is 0 Å². The lowest BCUT2D eigenvalue weighted by atomic mass is 9.91. The summed E-state index contributed by atoms with van der Waals surface area (Å²) in [5.74, 6) is 0.0737. The fourth-order valence-electron chi connectivity index (χ4n) is 2.70. The quantitative estimate of drug-likeness (QED) is 0.747. The van der Waals surface area contributed by atoms with E-state index in [-0.39, 0.29) is 18.1 Å². The van der Waals surface area contributed by atoms with Gasteiger partial charge in [-0.25, -0.2) is 0 Å². The van der Waals surface area contributed by atoms with Gasteiger partial charge in [0.15, 0.2) is 0 Å². The number of nitrogens with one attached hydrogen (secondary N) is 1. The van der Waals surface area contributed by atoms with Crippen LogP contribution in [0.4, 0.5) is 0 Å². The van der Waals surface area contributed by atoms with Gasteiger partial charge in [0.2, 0.25) is 0 Å². The van der Waals surface area contributed by atoms with Crippen molar-refractivity contribution in [3.63, 3.8) is 0 Å². The van der Waals surface area contributed by atoms with E-state index in [0.717, 1.165) is 32.1 Å². The third kappa shape index (κ3) is 4.15. The lowest BCUT2D eigenvalue weighted by Crippen LogP contribution is -2.54. The van der Waals surface area contributed by atoms with E-state index in [4.69, 9.17) is 0 Å². The first-order valence-electron chi connectivity index (χ1n) is 7.33. The SMILES string of the molecule is CCC(CC)(CC)NS(=O)(=O)N1CCCC(CO)C1. The minimum Gasteiger partial charge on any atom is -0.396 e. The van der Waals surface area contributed by atoms with Gasteiger partial charge in [0.05, 0.1) is 0 Å². The van der Waals surface area contributed by atoms with Crippen LogP contribution in [0.25, 0.3) is 0 Å². The Labute approximate surface area is 117 Å². The smallest absolute Gasteiger partial charge is 0.279 e. The Hall–Kier alpha value is -0.170. The van der Waals surface area contributed by atoms with Crippen LogP contribution < -0.4 is 4.72 Å². The van der Waals surface area contributed by atoms with Crippen molar-refractivity contribution in [3.8, 4) is 0 Å². The molecule has 1 atom stereocenters. The number of hydrogen-bond acceptors (Lipinski definition) is 3. The molecule has 1 aliphatic heterocycles. The fourth-order valence-corrected chi connectivity index (χ4v) is 4.58. The van der Waals surface area contributed by atoms with Crippen molar-refractivity contribution in [2.75, 3.05) is 19.7 Å². The van der Waals surface area contributed by atoms with Crippen molar-refractivity contribution in [1.82, 2.24) is 9.03 Å². The average molecular weight is 292 g/mol. The van der Waals surface area contributed by atoms with Crippen LogP contribution in [0, 0.1) is 5.92 Å². The van der Waals surface area contributed by atoms with E-state index >= 15 is 0 Å². The Morgan fingerprint density at radius 2 is 1.84 bits per heavy atom. The summed E-state index contributed by atoms with van der Waals surface area (Å²) in [5.41, 5.74) is -0.342. The standard InChI is InChI=1S/C13H28N2O3S/c1-4-13(5-2,6-3)14-19(17,18)15-9-7-8-12(10-15)11-16/h12,14,16H,4-11H2,1-3H3. The number of aliphatic hydroxyl groups is 1. The van der Waals surface area contributed by atoms with Gasteiger partial charge in [-0.15, -0.1) is 0 Å². The highest BCUT2D eigenvalue weighted by Gasteiger charge is 2.35. The first kappa shape index (κ1) is 16.9. The molecule has 0 aromatic heterocycles. The van der Waals surface area contributed by atoms with E-state index in [0.29, 0.717) is 13.1 Å². The molecule has 0 radical (unpaired) electrons. The van der Waals surface area contributed by atoms with Crippen molar-refractivity contribution < 1.29 is 13.5 Å². The molecule has 1 heterocycles. The van der Waals surface area contributed by atoms with Crippen LogP contribution in [0.3, 0.4) is 0 Å². The summed E-state index contributed by atoms with van der Waals surface area (Å²) >= 11 is 0. The summed E-state index contributed by atoms with van der Waals surface area (Å²) in [6.07, 6.45) is 4.09. The Balaban J connectivity index is 2.80. The Morgan fingerprint density at radius 3 is 2.32 bits per heavy atom. The normalized spacial score (nSPS) is 22.6. The largest absolute Gasteiger partial charge is 0.396 e. The van der Waals surface area contributed by atoms with Crippen LogP contribution >= 0.6 is 0 Å². The second kappa shape index (κ2) is 7.02. The van der Waals surface area contributed by atoms with Crippen LogP contribution in [0.1, 0.15) is 52.9 Å². The molecule has 6 heteroatoms. The third-order valence-electron chi connectivity index (χ3n) is 4.46. The number of nitrogens with zero attached hydrogens (tertiary/aromatic N) is 1. The molecule has 1 rings (SSSR count). The van der Waals surface area contributed by atoms with Gasteiger partial charge in [0.25, 0.3) is 10.2 Å². The lowest BCUT2D eigenvalue weighted by Gasteiger charge is -2.37. The van der Waals surface area contributed by atoms with Gasteiger partial charge in [-0.3, -0.25) is 0 Å². The average Bonchev–Trinajstić information content (AvgIpc) is 2.45. The van der Waals surface area contributed by atoms with Crippen LogP contribution in [-0.2, 0) is 10.2 Å². The highest BCUT2D eigenvalue weighted by Crippen LogP contribution is 2.24. The van der Waals surface area contributed by atoms with E-state index in [1.54, 1.807) is 0 Å². The maximum absolute atomic E-state index is 12.5. The zero-order valence-electron chi connectivity index (χ0n) is 12.4. The monoisotopic (exact) mass is 292 g/mol. The molecule has 0 aromatic carbocycles. The first-order chi connectivity index (χ1) is 8.93. The van der Waals surface area contributed by atoms with Crippen LogP contribution in [0.5, 0.6) is 0 Å². The molecule has 2 N–H and O–H groups in total. The predicted molar refractivity (Wildman–Crippen MR) is 77.0 cm³/mol. The highest BCUT2D eigenvalue weighted by molar-refractivity contribution is 7.87. The van der Waals surface area contributed by atoms with E-state index in [1.807, 2.05) is 20.8 Å². The summed E-state index contributed by atoms with van der Waals surface area (Å²) in [5, 5.41) is 9.20. The van der Waals surface area contributed by atoms with Crippen molar-refractivity contribution in [1.29, 1.82) is 0 Å². The van der Waals surface area contributed by atoms with Gasteiger partial charge in [-0.2, -0.15) is 17.4 Å². The van der Waals surface area contributed by atoms with Gasteiger partial charge in [-0.05, 0) is 38.0 Å². The molecular weight excluding hydrogens is 264 g/mol. The number of rotatable bonds is 7. The molecule has 19 heavy (non-hydrogen) atoms. The molecule has 0 amide bonds. The van der Waals surface area contributed by atoms with Crippen molar-refractivity contribution in [2.45, 2.75) is 58.4 Å². The van der Waals surface area contributed by atoms with Gasteiger partial charge < -0.3 is 5.11 Å². The van der Waals surface area contributed by atoms with Crippen LogP contribution in [-0.4, -0.2) is 43.1 Å². The Morgan fingerprint density at radius 1 is 1.26 bits per heavy atom.